The van der Waals surface area contributed by atoms with Gasteiger partial charge in [0.2, 0.25) is 0 Å². The Labute approximate surface area is 214 Å². The van der Waals surface area contributed by atoms with Crippen LogP contribution in [0.5, 0.6) is 0 Å². The monoisotopic (exact) mass is 518 g/mol. The van der Waals surface area contributed by atoms with Crippen molar-refractivity contribution >= 4 is 49.7 Å². The van der Waals surface area contributed by atoms with Gasteiger partial charge in [-0.1, -0.05) is 77.9 Å². The second-order valence-electron chi connectivity index (χ2n) is 8.65. The Bertz CT molecular complexity index is 974. The van der Waals surface area contributed by atoms with E-state index in [0.29, 0.717) is 11.8 Å². The van der Waals surface area contributed by atoms with Gasteiger partial charge in [0, 0.05) is 9.52 Å². The van der Waals surface area contributed by atoms with Crippen LogP contribution in [0.4, 0.5) is 0 Å². The molecule has 4 aromatic carbocycles. The van der Waals surface area contributed by atoms with Gasteiger partial charge in [-0.05, 0) is 11.8 Å². The fourth-order valence-corrected chi connectivity index (χ4v) is 3.82. The number of fused-ring (bicyclic) bond motifs is 2. The zero-order valence-electron chi connectivity index (χ0n) is 20.7. The molecule has 0 saturated heterocycles. The van der Waals surface area contributed by atoms with E-state index in [1.165, 1.54) is 43.8 Å². The maximum atomic E-state index is 4.89. The van der Waals surface area contributed by atoms with Crippen LogP contribution in [0.15, 0.2) is 60.7 Å². The van der Waals surface area contributed by atoms with Crippen LogP contribution >= 0.6 is 18.6 Å². The third kappa shape index (κ3) is 8.84. The Morgan fingerprint density at radius 3 is 1.31 bits per heavy atom. The molecule has 0 bridgehead atoms. The van der Waals surface area contributed by atoms with Gasteiger partial charge in [-0.3, -0.25) is 0 Å². The summed E-state index contributed by atoms with van der Waals surface area (Å²) in [6, 6.07) is 22.2. The van der Waals surface area contributed by atoms with Gasteiger partial charge < -0.3 is 0 Å². The molecule has 0 unspecified atom stereocenters. The van der Waals surface area contributed by atoms with Gasteiger partial charge in [0.25, 0.3) is 0 Å². The number of hydrogen-bond acceptors (Lipinski definition) is 0. The minimum absolute atomic E-state index is 0.556. The summed E-state index contributed by atoms with van der Waals surface area (Å²) in [5, 5.41) is 5.61. The third-order valence-electron chi connectivity index (χ3n) is 5.10. The van der Waals surface area contributed by atoms with Gasteiger partial charge in [0.1, 0.15) is 0 Å². The van der Waals surface area contributed by atoms with Crippen LogP contribution in [0, 0.1) is 13.8 Å². The summed E-state index contributed by atoms with van der Waals surface area (Å²) < 4.78 is 0. The van der Waals surface area contributed by atoms with Gasteiger partial charge in [-0.2, -0.15) is 12.1 Å². The predicted octanol–water partition coefficient (Wildman–Crippen LogP) is 10.1. The van der Waals surface area contributed by atoms with Gasteiger partial charge in [-0.15, -0.1) is 69.1 Å². The molecule has 0 aromatic heterocycles. The van der Waals surface area contributed by atoms with Crippen LogP contribution < -0.4 is 0 Å². The zero-order chi connectivity index (χ0) is 24.3. The fraction of sp³-hybridized carbons (Fsp3) is 0.357. The van der Waals surface area contributed by atoms with Crippen LogP contribution in [0.2, 0.25) is 13.1 Å². The zero-order valence-corrected chi connectivity index (χ0v) is 24.8. The molecule has 4 heteroatoms. The number of benzene rings is 2. The first kappa shape index (κ1) is 29.2. The molecule has 0 nitrogen and oxygen atoms in total. The Morgan fingerprint density at radius 1 is 0.719 bits per heavy atom. The van der Waals surface area contributed by atoms with Crippen molar-refractivity contribution in [2.75, 3.05) is 0 Å². The van der Waals surface area contributed by atoms with E-state index in [9.17, 15) is 0 Å². The SMILES string of the molecule is C[Si]C.Cc1cc2c(C(C)C)cccc2[cH-]1.Cc1cc2c(C(C)C)cccc2[cH-]1.[Cl][Ti][Cl]. The average molecular weight is 519 g/mol. The topological polar surface area (TPSA) is 0 Å². The van der Waals surface area contributed by atoms with Crippen LogP contribution in [-0.4, -0.2) is 9.52 Å². The van der Waals surface area contributed by atoms with Gasteiger partial charge in [0.05, 0.1) is 0 Å². The van der Waals surface area contributed by atoms with Gasteiger partial charge in [-0.25, -0.2) is 0 Å². The number of halogens is 2. The van der Waals surface area contributed by atoms with Crippen molar-refractivity contribution in [2.45, 2.75) is 66.5 Å². The molecular formula is C28H36Cl2SiTi-2. The average Bonchev–Trinajstić information content (AvgIpc) is 3.29. The van der Waals surface area contributed by atoms with Crippen molar-refractivity contribution in [2.24, 2.45) is 0 Å². The van der Waals surface area contributed by atoms with Crippen molar-refractivity contribution in [1.82, 2.24) is 0 Å². The fourth-order valence-electron chi connectivity index (χ4n) is 3.82. The first-order valence-corrected chi connectivity index (χ1v) is 17.4. The van der Waals surface area contributed by atoms with E-state index < -0.39 is 17.0 Å². The van der Waals surface area contributed by atoms with Crippen LogP contribution in [0.25, 0.3) is 21.5 Å². The molecule has 172 valence electrons. The summed E-state index contributed by atoms with van der Waals surface area (Å²) >= 11 is -0.556. The Kier molecular flexibility index (Phi) is 13.8. The summed E-state index contributed by atoms with van der Waals surface area (Å²) in [6.45, 7) is 17.6. The Hall–Kier alpha value is -0.829. The van der Waals surface area contributed by atoms with E-state index in [4.69, 9.17) is 18.6 Å². The normalized spacial score (nSPS) is 10.2. The number of rotatable bonds is 2. The standard InChI is InChI=1S/2C13H15.C2H6Si.2ClH.Ti/c2*1-9(2)12-6-4-5-11-7-10(3)8-13(11)12;1-3-2;;;/h2*4-9H,1-3H3;1-2H3;2*1H;/q2*-1;;;;+2/p-2. The first-order valence-electron chi connectivity index (χ1n) is 11.1. The molecular weight excluding hydrogens is 483 g/mol. The van der Waals surface area contributed by atoms with Crippen LogP contribution in [0.3, 0.4) is 0 Å². The van der Waals surface area contributed by atoms with E-state index >= 15 is 0 Å². The van der Waals surface area contributed by atoms with Gasteiger partial charge in [0.15, 0.2) is 0 Å². The summed E-state index contributed by atoms with van der Waals surface area (Å²) in [7, 11) is 10.9. The van der Waals surface area contributed by atoms with Crippen molar-refractivity contribution in [1.29, 1.82) is 0 Å². The molecule has 0 fully saturated rings. The van der Waals surface area contributed by atoms with Crippen molar-refractivity contribution in [3.63, 3.8) is 0 Å². The molecule has 0 aliphatic carbocycles. The second kappa shape index (κ2) is 15.1. The molecule has 0 N–H and O–H groups in total. The van der Waals surface area contributed by atoms with E-state index in [1.54, 1.807) is 0 Å². The Morgan fingerprint density at radius 2 is 1.03 bits per heavy atom. The number of hydrogen-bond donors (Lipinski definition) is 0. The van der Waals surface area contributed by atoms with E-state index in [1.807, 2.05) is 0 Å². The molecule has 0 heterocycles. The summed E-state index contributed by atoms with van der Waals surface area (Å²) in [5.41, 5.74) is 5.66. The van der Waals surface area contributed by atoms with Crippen molar-refractivity contribution < 1.29 is 17.0 Å². The predicted molar refractivity (Wildman–Crippen MR) is 146 cm³/mol. The molecule has 0 spiro atoms. The van der Waals surface area contributed by atoms with Crippen LogP contribution in [0.1, 0.15) is 61.8 Å². The van der Waals surface area contributed by atoms with E-state index in [-0.39, 0.29) is 0 Å². The van der Waals surface area contributed by atoms with E-state index in [0.717, 1.165) is 9.52 Å². The maximum absolute atomic E-state index is 4.89. The quantitative estimate of drug-likeness (QED) is 0.183. The molecule has 0 aliphatic rings. The number of aryl methyl sites for hydroxylation is 2. The van der Waals surface area contributed by atoms with Crippen molar-refractivity contribution in [3.05, 3.63) is 82.9 Å². The van der Waals surface area contributed by atoms with Crippen molar-refractivity contribution in [3.8, 4) is 0 Å². The molecule has 0 aliphatic heterocycles. The summed E-state index contributed by atoms with van der Waals surface area (Å²) in [6.07, 6.45) is 0. The summed E-state index contributed by atoms with van der Waals surface area (Å²) in [5.74, 6) is 1.23. The first-order chi connectivity index (χ1) is 15.2. The van der Waals surface area contributed by atoms with Crippen LogP contribution in [-0.2, 0) is 17.0 Å². The molecule has 0 atom stereocenters. The minimum atomic E-state index is -0.556. The second-order valence-corrected chi connectivity index (χ2v) is 12.2. The van der Waals surface area contributed by atoms with Gasteiger partial charge >= 0.3 is 35.6 Å². The molecule has 0 saturated carbocycles. The molecule has 4 aromatic rings. The molecule has 2 radical (unpaired) electrons. The Balaban J connectivity index is 0.000000258. The molecule has 4 rings (SSSR count). The molecule has 0 amide bonds. The molecule has 32 heavy (non-hydrogen) atoms. The van der Waals surface area contributed by atoms with E-state index in [2.05, 4.69) is 115 Å². The third-order valence-corrected chi connectivity index (χ3v) is 5.10. The summed E-state index contributed by atoms with van der Waals surface area (Å²) in [4.78, 5) is 0.